The van der Waals surface area contributed by atoms with Crippen molar-refractivity contribution < 1.29 is 9.53 Å². The molecular formula is C18H19N3O2. The SMILES string of the molecule is COc1ccccc1CC(=O)NCc1ccc2c(c1)ncn2C. The summed E-state index contributed by atoms with van der Waals surface area (Å²) in [4.78, 5) is 16.5. The average molecular weight is 309 g/mol. The number of aromatic nitrogens is 2. The van der Waals surface area contributed by atoms with Crippen LogP contribution in [0.15, 0.2) is 48.8 Å². The number of rotatable bonds is 5. The first-order valence-corrected chi connectivity index (χ1v) is 7.46. The molecular weight excluding hydrogens is 290 g/mol. The summed E-state index contributed by atoms with van der Waals surface area (Å²) in [5.74, 6) is 0.702. The number of carbonyl (C=O) groups is 1. The Morgan fingerprint density at radius 1 is 1.26 bits per heavy atom. The summed E-state index contributed by atoms with van der Waals surface area (Å²) in [6.07, 6.45) is 2.09. The molecule has 2 aromatic carbocycles. The highest BCUT2D eigenvalue weighted by molar-refractivity contribution is 5.80. The fourth-order valence-corrected chi connectivity index (χ4v) is 2.58. The normalized spacial score (nSPS) is 10.7. The standard InChI is InChI=1S/C18H19N3O2/c1-21-12-20-15-9-13(7-8-16(15)21)11-19-18(22)10-14-5-3-4-6-17(14)23-2/h3-9,12H,10-11H2,1-2H3,(H,19,22). The Balaban J connectivity index is 1.63. The molecule has 0 radical (unpaired) electrons. The maximum absolute atomic E-state index is 12.1. The van der Waals surface area contributed by atoms with E-state index in [4.69, 9.17) is 4.74 Å². The van der Waals surface area contributed by atoms with E-state index in [-0.39, 0.29) is 5.91 Å². The number of para-hydroxylation sites is 1. The molecule has 118 valence electrons. The van der Waals surface area contributed by atoms with Gasteiger partial charge in [0.1, 0.15) is 5.75 Å². The third-order valence-electron chi connectivity index (χ3n) is 3.82. The largest absolute Gasteiger partial charge is 0.496 e. The summed E-state index contributed by atoms with van der Waals surface area (Å²) in [5.41, 5.74) is 3.93. The van der Waals surface area contributed by atoms with Crippen LogP contribution >= 0.6 is 0 Å². The number of nitrogens with zero attached hydrogens (tertiary/aromatic N) is 2. The van der Waals surface area contributed by atoms with Gasteiger partial charge in [-0.25, -0.2) is 4.98 Å². The van der Waals surface area contributed by atoms with Crippen molar-refractivity contribution in [2.45, 2.75) is 13.0 Å². The van der Waals surface area contributed by atoms with Crippen molar-refractivity contribution in [2.75, 3.05) is 7.11 Å². The molecule has 0 aliphatic rings. The second kappa shape index (κ2) is 6.52. The van der Waals surface area contributed by atoms with E-state index in [2.05, 4.69) is 10.3 Å². The fraction of sp³-hybridized carbons (Fsp3) is 0.222. The summed E-state index contributed by atoms with van der Waals surface area (Å²) in [5, 5.41) is 2.94. The Labute approximate surface area is 134 Å². The van der Waals surface area contributed by atoms with E-state index >= 15 is 0 Å². The van der Waals surface area contributed by atoms with Gasteiger partial charge in [0.05, 0.1) is 30.9 Å². The maximum Gasteiger partial charge on any atom is 0.224 e. The van der Waals surface area contributed by atoms with E-state index in [1.54, 1.807) is 13.4 Å². The minimum atomic E-state index is -0.0318. The zero-order valence-corrected chi connectivity index (χ0v) is 13.2. The van der Waals surface area contributed by atoms with E-state index in [9.17, 15) is 4.79 Å². The number of methoxy groups -OCH3 is 1. The van der Waals surface area contributed by atoms with Crippen LogP contribution in [0.3, 0.4) is 0 Å². The zero-order chi connectivity index (χ0) is 16.2. The first kappa shape index (κ1) is 15.1. The van der Waals surface area contributed by atoms with Gasteiger partial charge in [-0.15, -0.1) is 0 Å². The zero-order valence-electron chi connectivity index (χ0n) is 13.2. The number of benzene rings is 2. The highest BCUT2D eigenvalue weighted by Gasteiger charge is 2.08. The van der Waals surface area contributed by atoms with Crippen molar-refractivity contribution in [3.05, 3.63) is 59.9 Å². The lowest BCUT2D eigenvalue weighted by Crippen LogP contribution is -2.24. The van der Waals surface area contributed by atoms with Gasteiger partial charge in [0, 0.05) is 19.2 Å². The molecule has 1 aromatic heterocycles. The molecule has 5 nitrogen and oxygen atoms in total. The second-order valence-electron chi connectivity index (χ2n) is 5.44. The Kier molecular flexibility index (Phi) is 4.28. The minimum Gasteiger partial charge on any atom is -0.496 e. The van der Waals surface area contributed by atoms with E-state index in [0.29, 0.717) is 13.0 Å². The Hall–Kier alpha value is -2.82. The number of nitrogens with one attached hydrogen (secondary N) is 1. The van der Waals surface area contributed by atoms with E-state index < -0.39 is 0 Å². The van der Waals surface area contributed by atoms with E-state index in [1.807, 2.05) is 54.1 Å². The molecule has 3 aromatic rings. The Morgan fingerprint density at radius 3 is 2.91 bits per heavy atom. The predicted molar refractivity (Wildman–Crippen MR) is 89.3 cm³/mol. The van der Waals surface area contributed by atoms with Crippen molar-refractivity contribution in [1.82, 2.24) is 14.9 Å². The van der Waals surface area contributed by atoms with Gasteiger partial charge in [0.25, 0.3) is 0 Å². The summed E-state index contributed by atoms with van der Waals surface area (Å²) in [7, 11) is 3.57. The number of hydrogen-bond acceptors (Lipinski definition) is 3. The van der Waals surface area contributed by atoms with Gasteiger partial charge in [-0.1, -0.05) is 24.3 Å². The van der Waals surface area contributed by atoms with Gasteiger partial charge < -0.3 is 14.6 Å². The Morgan fingerprint density at radius 2 is 2.09 bits per heavy atom. The lowest BCUT2D eigenvalue weighted by atomic mass is 10.1. The van der Waals surface area contributed by atoms with Gasteiger partial charge in [-0.3, -0.25) is 4.79 Å². The van der Waals surface area contributed by atoms with E-state index in [0.717, 1.165) is 27.9 Å². The molecule has 1 N–H and O–H groups in total. The lowest BCUT2D eigenvalue weighted by Gasteiger charge is -2.09. The molecule has 0 atom stereocenters. The third-order valence-corrected chi connectivity index (χ3v) is 3.82. The number of imidazole rings is 1. The monoisotopic (exact) mass is 309 g/mol. The first-order valence-electron chi connectivity index (χ1n) is 7.46. The van der Waals surface area contributed by atoms with Crippen LogP contribution in [-0.4, -0.2) is 22.6 Å². The lowest BCUT2D eigenvalue weighted by molar-refractivity contribution is -0.120. The predicted octanol–water partition coefficient (Wildman–Crippen LogP) is 2.44. The molecule has 3 rings (SSSR count). The van der Waals surface area contributed by atoms with Crippen molar-refractivity contribution in [1.29, 1.82) is 0 Å². The van der Waals surface area contributed by atoms with Crippen LogP contribution in [-0.2, 0) is 24.8 Å². The Bertz CT molecular complexity index is 839. The summed E-state index contributed by atoms with van der Waals surface area (Å²) in [6, 6.07) is 13.6. The van der Waals surface area contributed by atoms with Crippen molar-refractivity contribution in [3.8, 4) is 5.75 Å². The van der Waals surface area contributed by atoms with Crippen LogP contribution in [0.1, 0.15) is 11.1 Å². The van der Waals surface area contributed by atoms with Crippen LogP contribution in [0.5, 0.6) is 5.75 Å². The van der Waals surface area contributed by atoms with Crippen LogP contribution in [0.2, 0.25) is 0 Å². The summed E-state index contributed by atoms with van der Waals surface area (Å²) < 4.78 is 7.24. The minimum absolute atomic E-state index is 0.0318. The number of aryl methyl sites for hydroxylation is 1. The first-order chi connectivity index (χ1) is 11.2. The average Bonchev–Trinajstić information content (AvgIpc) is 2.94. The molecule has 0 aliphatic carbocycles. The molecule has 0 fully saturated rings. The van der Waals surface area contributed by atoms with Gasteiger partial charge in [0.15, 0.2) is 0 Å². The molecule has 0 saturated heterocycles. The highest BCUT2D eigenvalue weighted by Crippen LogP contribution is 2.18. The molecule has 23 heavy (non-hydrogen) atoms. The van der Waals surface area contributed by atoms with Gasteiger partial charge in [-0.05, 0) is 23.8 Å². The molecule has 0 unspecified atom stereocenters. The number of amides is 1. The number of fused-ring (bicyclic) bond motifs is 1. The molecule has 5 heteroatoms. The molecule has 0 saturated carbocycles. The van der Waals surface area contributed by atoms with Crippen molar-refractivity contribution >= 4 is 16.9 Å². The second-order valence-corrected chi connectivity index (χ2v) is 5.44. The van der Waals surface area contributed by atoms with Gasteiger partial charge in [0.2, 0.25) is 5.91 Å². The van der Waals surface area contributed by atoms with Crippen LogP contribution < -0.4 is 10.1 Å². The van der Waals surface area contributed by atoms with Gasteiger partial charge in [-0.2, -0.15) is 0 Å². The molecule has 1 amide bonds. The molecule has 0 bridgehead atoms. The van der Waals surface area contributed by atoms with Crippen LogP contribution in [0, 0.1) is 0 Å². The van der Waals surface area contributed by atoms with Crippen LogP contribution in [0.4, 0.5) is 0 Å². The topological polar surface area (TPSA) is 56.1 Å². The molecule has 0 spiro atoms. The number of hydrogen-bond donors (Lipinski definition) is 1. The molecule has 0 aliphatic heterocycles. The molecule has 1 heterocycles. The van der Waals surface area contributed by atoms with Crippen LogP contribution in [0.25, 0.3) is 11.0 Å². The smallest absolute Gasteiger partial charge is 0.224 e. The third kappa shape index (κ3) is 3.34. The van der Waals surface area contributed by atoms with Crippen molar-refractivity contribution in [3.63, 3.8) is 0 Å². The maximum atomic E-state index is 12.1. The van der Waals surface area contributed by atoms with Gasteiger partial charge >= 0.3 is 0 Å². The summed E-state index contributed by atoms with van der Waals surface area (Å²) >= 11 is 0. The van der Waals surface area contributed by atoms with Crippen molar-refractivity contribution in [2.24, 2.45) is 7.05 Å². The summed E-state index contributed by atoms with van der Waals surface area (Å²) in [6.45, 7) is 0.487. The highest BCUT2D eigenvalue weighted by atomic mass is 16.5. The fourth-order valence-electron chi connectivity index (χ4n) is 2.58. The van der Waals surface area contributed by atoms with E-state index in [1.165, 1.54) is 0 Å². The number of carbonyl (C=O) groups excluding carboxylic acids is 1. The number of ether oxygens (including phenoxy) is 1. The quantitative estimate of drug-likeness (QED) is 0.787.